The van der Waals surface area contributed by atoms with E-state index in [1.807, 2.05) is 0 Å². The Kier molecular flexibility index (Phi) is 21.2. The van der Waals surface area contributed by atoms with Crippen LogP contribution in [0.1, 0.15) is 93.8 Å². The van der Waals surface area contributed by atoms with Crippen molar-refractivity contribution in [3.63, 3.8) is 0 Å². The molecule has 0 atom stereocenters. The number of benzene rings is 4. The van der Waals surface area contributed by atoms with Crippen molar-refractivity contribution in [3.05, 3.63) is 173 Å². The van der Waals surface area contributed by atoms with Crippen LogP contribution in [-0.2, 0) is 44.7 Å². The first-order chi connectivity index (χ1) is 40.3. The fraction of sp³-hybridized carbons (Fsp3) is 0.333. The van der Waals surface area contributed by atoms with E-state index < -0.39 is 50.8 Å². The van der Waals surface area contributed by atoms with Crippen LogP contribution in [0.15, 0.2) is 139 Å². The van der Waals surface area contributed by atoms with E-state index in [1.54, 1.807) is 43.5 Å². The number of aliphatic carboxylic acids is 1. The number of pyridine rings is 1. The summed E-state index contributed by atoms with van der Waals surface area (Å²) >= 11 is 0. The molecular formula is C63H68F5N7O9S. The largest absolute Gasteiger partial charge is 0.542 e. The van der Waals surface area contributed by atoms with Gasteiger partial charge in [0.05, 0.1) is 42.2 Å². The molecule has 4 N–H and O–H groups in total. The second-order valence-electron chi connectivity index (χ2n) is 21.3. The zero-order valence-electron chi connectivity index (χ0n) is 48.0. The molecule has 2 aromatic heterocycles. The quantitative estimate of drug-likeness (QED) is 0.0139. The number of alkyl halides is 3. The molecule has 2 amide bonds. The number of aromatic amines is 1. The molecule has 0 spiro atoms. The van der Waals surface area contributed by atoms with Crippen molar-refractivity contribution in [1.82, 2.24) is 15.3 Å². The highest BCUT2D eigenvalue weighted by Crippen LogP contribution is 2.48. The molecule has 0 saturated carbocycles. The topological polar surface area (TPSA) is 215 Å². The number of unbranched alkanes of at least 4 members (excludes halogenated alkanes) is 2. The monoisotopic (exact) mass is 1190 g/mol. The Bertz CT molecular complexity index is 3670. The molecule has 4 aromatic carbocycles. The van der Waals surface area contributed by atoms with Crippen LogP contribution in [0.5, 0.6) is 0 Å². The molecule has 0 unspecified atom stereocenters. The van der Waals surface area contributed by atoms with Gasteiger partial charge in [-0.2, -0.15) is 17.7 Å². The lowest BCUT2D eigenvalue weighted by Gasteiger charge is -2.27. The number of rotatable bonds is 25. The SMILES string of the molecule is CCCS(=O)(=O)Nc1ccc(F)c(C(=O)c2c[nH]c3ncc(-c4ccc(NC(=O)COCCOCCNC(=O)CCCCCN5\C(=C/C=C/C=C/C6=[N+](C)c7ccccc7C6(C)C)C(C)(C)c6ccccc65)cc4)cc23)c1F.O=C([O-])C(F)(F)F. The van der Waals surface area contributed by atoms with Crippen LogP contribution in [-0.4, -0.2) is 111 Å². The predicted octanol–water partition coefficient (Wildman–Crippen LogP) is 10.3. The number of sulfonamides is 1. The van der Waals surface area contributed by atoms with Gasteiger partial charge in [0.2, 0.25) is 33.3 Å². The summed E-state index contributed by atoms with van der Waals surface area (Å²) in [6, 6.07) is 27.5. The number of carboxylic acid groups (broad SMARTS) is 1. The van der Waals surface area contributed by atoms with E-state index in [2.05, 4.69) is 148 Å². The Morgan fingerprint density at radius 2 is 1.52 bits per heavy atom. The summed E-state index contributed by atoms with van der Waals surface area (Å²) in [5, 5.41) is 14.8. The highest BCUT2D eigenvalue weighted by atomic mass is 32.2. The van der Waals surface area contributed by atoms with Gasteiger partial charge in [-0.05, 0) is 86.7 Å². The third-order valence-electron chi connectivity index (χ3n) is 14.5. The lowest BCUT2D eigenvalue weighted by atomic mass is 9.81. The fourth-order valence-electron chi connectivity index (χ4n) is 10.3. The molecular weight excluding hydrogens is 1130 g/mol. The first kappa shape index (κ1) is 64.2. The summed E-state index contributed by atoms with van der Waals surface area (Å²) in [5.74, 6) is -7.15. The maximum Gasteiger partial charge on any atom is 0.430 e. The summed E-state index contributed by atoms with van der Waals surface area (Å²) in [4.78, 5) is 57.3. The number of nitrogens with one attached hydrogen (secondary N) is 4. The molecule has 16 nitrogen and oxygen atoms in total. The van der Waals surface area contributed by atoms with Crippen molar-refractivity contribution >= 4 is 73.1 Å². The molecule has 0 radical (unpaired) electrons. The molecule has 2 aliphatic rings. The Morgan fingerprint density at radius 3 is 2.22 bits per heavy atom. The van der Waals surface area contributed by atoms with Gasteiger partial charge in [-0.3, -0.25) is 19.1 Å². The highest BCUT2D eigenvalue weighted by Gasteiger charge is 2.43. The van der Waals surface area contributed by atoms with E-state index >= 15 is 4.39 Å². The molecule has 0 bridgehead atoms. The molecule has 2 aliphatic heterocycles. The van der Waals surface area contributed by atoms with Gasteiger partial charge in [0, 0.05) is 88.6 Å². The lowest BCUT2D eigenvalue weighted by Crippen LogP contribution is -2.37. The summed E-state index contributed by atoms with van der Waals surface area (Å²) in [7, 11) is -1.78. The van der Waals surface area contributed by atoms with Crippen LogP contribution >= 0.6 is 0 Å². The molecule has 8 rings (SSSR count). The van der Waals surface area contributed by atoms with Crippen molar-refractivity contribution < 1.29 is 68.7 Å². The number of H-pyrrole nitrogens is 1. The number of carbonyl (C=O) groups excluding carboxylic acids is 4. The van der Waals surface area contributed by atoms with Crippen LogP contribution in [0, 0.1) is 11.6 Å². The van der Waals surface area contributed by atoms with Gasteiger partial charge in [-0.25, -0.2) is 22.2 Å². The molecule has 4 heterocycles. The fourth-order valence-corrected chi connectivity index (χ4v) is 11.4. The minimum atomic E-state index is -5.19. The standard InChI is InChI=1S/C61H67F2N7O7S.C2HF3O2/c1-7-36-78(74,75)68-49-30-29-48(62)56(57(49)63)58(73)45-39-66-59-44(45)37-42(38-65-59)41-25-27-43(28-26-41)67-55(72)40-77-35-34-76-33-31-64-54(71)24-12-9-17-32-70-51-21-16-14-19-47(51)61(4,5)53(70)23-11-8-10-22-52-60(2,3)46-18-13-15-20-50(46)69(52)6;3-2(4,5)1(6)7/h8,10-11,13-16,18-23,25-30,37-39,68H,7,9,12,17,24,31-36,40H2,1-6H3,(H2-,64,65,66,67,71,72,73);(H,6,7). The number of ether oxygens (including phenoxy) is 2. The van der Waals surface area contributed by atoms with Crippen LogP contribution in [0.3, 0.4) is 0 Å². The number of carboxylic acids is 1. The predicted molar refractivity (Wildman–Crippen MR) is 315 cm³/mol. The Morgan fingerprint density at radius 1 is 0.824 bits per heavy atom. The average Bonchev–Trinajstić information content (AvgIpc) is 2.54. The van der Waals surface area contributed by atoms with Crippen molar-refractivity contribution in [2.24, 2.45) is 0 Å². The summed E-state index contributed by atoms with van der Waals surface area (Å²) < 4.78 is 102. The van der Waals surface area contributed by atoms with Gasteiger partial charge in [-0.15, -0.1) is 0 Å². The van der Waals surface area contributed by atoms with Crippen molar-refractivity contribution in [1.29, 1.82) is 0 Å². The van der Waals surface area contributed by atoms with Crippen LogP contribution < -0.4 is 25.4 Å². The number of amides is 2. The zero-order chi connectivity index (χ0) is 61.7. The smallest absolute Gasteiger partial charge is 0.430 e. The van der Waals surface area contributed by atoms with Crippen molar-refractivity contribution in [2.45, 2.75) is 83.7 Å². The number of aromatic nitrogens is 2. The normalized spacial score (nSPS) is 14.9. The molecule has 450 valence electrons. The Hall–Kier alpha value is -8.34. The summed E-state index contributed by atoms with van der Waals surface area (Å²) in [5.41, 5.74) is 7.97. The number of fused-ring (bicyclic) bond motifs is 3. The average molecular weight is 1190 g/mol. The van der Waals surface area contributed by atoms with E-state index in [0.717, 1.165) is 37.9 Å². The highest BCUT2D eigenvalue weighted by molar-refractivity contribution is 7.92. The number of hydrogen-bond donors (Lipinski definition) is 4. The lowest BCUT2D eigenvalue weighted by molar-refractivity contribution is -0.401. The van der Waals surface area contributed by atoms with Gasteiger partial charge in [0.25, 0.3) is 0 Å². The number of para-hydroxylation sites is 2. The first-order valence-corrected chi connectivity index (χ1v) is 29.2. The number of ketones is 1. The second-order valence-corrected chi connectivity index (χ2v) is 23.1. The number of allylic oxidation sites excluding steroid dienone is 6. The van der Waals surface area contributed by atoms with Gasteiger partial charge in [0.1, 0.15) is 31.1 Å². The number of hydrogen-bond acceptors (Lipinski definition) is 11. The molecule has 22 heteroatoms. The Balaban J connectivity index is 0.00000139. The van der Waals surface area contributed by atoms with Crippen LogP contribution in [0.2, 0.25) is 0 Å². The van der Waals surface area contributed by atoms with Crippen molar-refractivity contribution in [3.8, 4) is 11.1 Å². The summed E-state index contributed by atoms with van der Waals surface area (Å²) in [6.07, 6.45) is 11.8. The van der Waals surface area contributed by atoms with Gasteiger partial charge in [0.15, 0.2) is 11.5 Å². The minimum Gasteiger partial charge on any atom is -0.542 e. The van der Waals surface area contributed by atoms with Gasteiger partial charge in [-0.1, -0.05) is 94.0 Å². The van der Waals surface area contributed by atoms with Gasteiger partial charge < -0.3 is 39.9 Å². The molecule has 6 aromatic rings. The van der Waals surface area contributed by atoms with Crippen LogP contribution in [0.25, 0.3) is 22.2 Å². The van der Waals surface area contributed by atoms with E-state index in [4.69, 9.17) is 19.4 Å². The number of anilines is 3. The molecule has 0 saturated heterocycles. The van der Waals surface area contributed by atoms with Crippen LogP contribution in [0.4, 0.5) is 44.7 Å². The third kappa shape index (κ3) is 15.9. The first-order valence-electron chi connectivity index (χ1n) is 27.6. The van der Waals surface area contributed by atoms with E-state index in [-0.39, 0.29) is 60.2 Å². The second kappa shape index (κ2) is 28.0. The van der Waals surface area contributed by atoms with E-state index in [0.29, 0.717) is 47.4 Å². The third-order valence-corrected chi connectivity index (χ3v) is 16.0. The zero-order valence-corrected chi connectivity index (χ0v) is 48.8. The maximum atomic E-state index is 15.5. The van der Waals surface area contributed by atoms with Gasteiger partial charge >= 0.3 is 6.18 Å². The van der Waals surface area contributed by atoms with E-state index in [9.17, 15) is 40.4 Å². The van der Waals surface area contributed by atoms with Crippen molar-refractivity contribution in [2.75, 3.05) is 67.3 Å². The molecule has 0 fully saturated rings. The number of halogens is 5. The van der Waals surface area contributed by atoms with E-state index in [1.165, 1.54) is 40.1 Å². The summed E-state index contributed by atoms with van der Waals surface area (Å²) in [6.45, 7) is 12.5. The maximum absolute atomic E-state index is 15.5. The number of carbonyl (C=O) groups is 4. The minimum absolute atomic E-state index is 0.0212. The molecule has 85 heavy (non-hydrogen) atoms. The Labute approximate surface area is 490 Å². The number of nitrogens with zero attached hydrogens (tertiary/aromatic N) is 3. The molecule has 0 aliphatic carbocycles.